The van der Waals surface area contributed by atoms with Crippen molar-refractivity contribution >= 4 is 11.6 Å². The molecule has 1 unspecified atom stereocenters. The number of ether oxygens (including phenoxy) is 1. The van der Waals surface area contributed by atoms with Gasteiger partial charge in [-0.05, 0) is 24.7 Å². The van der Waals surface area contributed by atoms with Gasteiger partial charge >= 0.3 is 0 Å². The third kappa shape index (κ3) is 2.57. The fourth-order valence-corrected chi connectivity index (χ4v) is 2.34. The highest BCUT2D eigenvalue weighted by molar-refractivity contribution is 6.31. The molecule has 0 saturated carbocycles. The van der Waals surface area contributed by atoms with Crippen LogP contribution >= 0.6 is 11.6 Å². The molecule has 0 radical (unpaired) electrons. The first-order valence-corrected chi connectivity index (χ1v) is 6.14. The molecule has 0 saturated heterocycles. The average molecular weight is 284 g/mol. The van der Waals surface area contributed by atoms with E-state index in [2.05, 4.69) is 10.4 Å². The van der Waals surface area contributed by atoms with Crippen LogP contribution in [-0.2, 0) is 7.05 Å². The van der Waals surface area contributed by atoms with Crippen molar-refractivity contribution in [3.8, 4) is 5.75 Å². The van der Waals surface area contributed by atoms with Crippen molar-refractivity contribution in [2.75, 3.05) is 14.2 Å². The Bertz CT molecular complexity index is 566. The van der Waals surface area contributed by atoms with Crippen molar-refractivity contribution in [2.45, 2.75) is 6.04 Å². The molecule has 1 N–H and O–H groups in total. The van der Waals surface area contributed by atoms with Gasteiger partial charge < -0.3 is 10.1 Å². The molecule has 1 aromatic heterocycles. The Labute approximate surface area is 116 Å². The van der Waals surface area contributed by atoms with Gasteiger partial charge in [-0.1, -0.05) is 17.7 Å². The predicted molar refractivity (Wildman–Crippen MR) is 72.1 cm³/mol. The molecule has 0 bridgehead atoms. The fourth-order valence-electron chi connectivity index (χ4n) is 2.07. The minimum absolute atomic E-state index is 0.217. The second-order valence-electron chi connectivity index (χ2n) is 4.12. The van der Waals surface area contributed by atoms with Crippen LogP contribution in [0.1, 0.15) is 17.3 Å². The quantitative estimate of drug-likeness (QED) is 0.937. The molecule has 102 valence electrons. The Balaban J connectivity index is 2.46. The molecule has 2 aromatic rings. The maximum Gasteiger partial charge on any atom is 0.165 e. The number of rotatable bonds is 4. The number of aromatic nitrogens is 2. The summed E-state index contributed by atoms with van der Waals surface area (Å²) in [4.78, 5) is 0. The maximum absolute atomic E-state index is 13.8. The van der Waals surface area contributed by atoms with Crippen LogP contribution in [0.25, 0.3) is 0 Å². The Kier molecular flexibility index (Phi) is 4.07. The van der Waals surface area contributed by atoms with Crippen LogP contribution in [0.4, 0.5) is 4.39 Å². The minimum Gasteiger partial charge on any atom is -0.494 e. The summed E-state index contributed by atoms with van der Waals surface area (Å²) in [6, 6.07) is 4.59. The lowest BCUT2D eigenvalue weighted by Crippen LogP contribution is -2.21. The molecular weight excluding hydrogens is 269 g/mol. The molecule has 19 heavy (non-hydrogen) atoms. The number of aryl methyl sites for hydroxylation is 1. The van der Waals surface area contributed by atoms with Gasteiger partial charge in [0.1, 0.15) is 0 Å². The minimum atomic E-state index is -0.404. The lowest BCUT2D eigenvalue weighted by Gasteiger charge is -2.18. The zero-order chi connectivity index (χ0) is 14.0. The summed E-state index contributed by atoms with van der Waals surface area (Å²) in [6.07, 6.45) is 1.57. The molecular formula is C13H15ClFN3O. The van der Waals surface area contributed by atoms with Gasteiger partial charge in [-0.25, -0.2) is 4.39 Å². The lowest BCUT2D eigenvalue weighted by atomic mass is 10.0. The molecule has 0 fully saturated rings. The van der Waals surface area contributed by atoms with E-state index >= 15 is 0 Å². The van der Waals surface area contributed by atoms with Crippen LogP contribution in [0.3, 0.4) is 0 Å². The molecule has 6 heteroatoms. The summed E-state index contributed by atoms with van der Waals surface area (Å²) in [5.74, 6) is -0.187. The maximum atomic E-state index is 13.8. The first kappa shape index (κ1) is 13.8. The van der Waals surface area contributed by atoms with Gasteiger partial charge in [0.2, 0.25) is 0 Å². The van der Waals surface area contributed by atoms with Crippen LogP contribution in [0.15, 0.2) is 24.4 Å². The average Bonchev–Trinajstić information content (AvgIpc) is 2.72. The van der Waals surface area contributed by atoms with E-state index < -0.39 is 5.82 Å². The molecule has 2 rings (SSSR count). The topological polar surface area (TPSA) is 39.1 Å². The van der Waals surface area contributed by atoms with Gasteiger partial charge in [0, 0.05) is 7.05 Å². The number of hydrogen-bond acceptors (Lipinski definition) is 3. The highest BCUT2D eigenvalue weighted by atomic mass is 35.5. The molecule has 1 aromatic carbocycles. The van der Waals surface area contributed by atoms with Gasteiger partial charge in [-0.2, -0.15) is 5.10 Å². The van der Waals surface area contributed by atoms with Crippen LogP contribution in [-0.4, -0.2) is 23.9 Å². The normalized spacial score (nSPS) is 12.5. The third-order valence-electron chi connectivity index (χ3n) is 3.01. The van der Waals surface area contributed by atoms with E-state index in [9.17, 15) is 4.39 Å². The van der Waals surface area contributed by atoms with Crippen molar-refractivity contribution in [2.24, 2.45) is 7.05 Å². The largest absolute Gasteiger partial charge is 0.494 e. The smallest absolute Gasteiger partial charge is 0.165 e. The van der Waals surface area contributed by atoms with E-state index in [1.807, 2.05) is 0 Å². The van der Waals surface area contributed by atoms with E-state index in [0.717, 1.165) is 11.3 Å². The Hall–Kier alpha value is -1.59. The fraction of sp³-hybridized carbons (Fsp3) is 0.308. The van der Waals surface area contributed by atoms with Crippen LogP contribution in [0, 0.1) is 5.82 Å². The predicted octanol–water partition coefficient (Wildman–Crippen LogP) is 2.53. The summed E-state index contributed by atoms with van der Waals surface area (Å²) in [7, 11) is 5.02. The van der Waals surface area contributed by atoms with E-state index in [1.54, 1.807) is 37.1 Å². The lowest BCUT2D eigenvalue weighted by molar-refractivity contribution is 0.385. The zero-order valence-corrected chi connectivity index (χ0v) is 11.7. The van der Waals surface area contributed by atoms with Gasteiger partial charge in [-0.15, -0.1) is 0 Å². The van der Waals surface area contributed by atoms with E-state index in [0.29, 0.717) is 5.02 Å². The van der Waals surface area contributed by atoms with Gasteiger partial charge in [0.25, 0.3) is 0 Å². The van der Waals surface area contributed by atoms with Crippen molar-refractivity contribution in [3.05, 3.63) is 46.5 Å². The Morgan fingerprint density at radius 2 is 2.21 bits per heavy atom. The summed E-state index contributed by atoms with van der Waals surface area (Å²) < 4.78 is 20.4. The van der Waals surface area contributed by atoms with Crippen LogP contribution in [0.5, 0.6) is 5.75 Å². The molecule has 0 aliphatic heterocycles. The number of benzene rings is 1. The number of hydrogen-bond donors (Lipinski definition) is 1. The Morgan fingerprint density at radius 1 is 1.47 bits per heavy atom. The highest BCUT2D eigenvalue weighted by Gasteiger charge is 2.20. The molecule has 1 atom stereocenters. The molecule has 0 aliphatic rings. The molecule has 1 heterocycles. The van der Waals surface area contributed by atoms with E-state index in [4.69, 9.17) is 16.3 Å². The van der Waals surface area contributed by atoms with Crippen molar-refractivity contribution < 1.29 is 9.13 Å². The Morgan fingerprint density at radius 3 is 2.68 bits per heavy atom. The first-order valence-electron chi connectivity index (χ1n) is 5.76. The van der Waals surface area contributed by atoms with Crippen LogP contribution in [0.2, 0.25) is 5.02 Å². The monoisotopic (exact) mass is 283 g/mol. The van der Waals surface area contributed by atoms with Crippen molar-refractivity contribution in [1.82, 2.24) is 15.1 Å². The summed E-state index contributed by atoms with van der Waals surface area (Å²) >= 11 is 6.13. The number of nitrogens with zero attached hydrogens (tertiary/aromatic N) is 2. The molecule has 0 spiro atoms. The standard InChI is InChI=1S/C13H15ClFN3O/c1-16-12(13-9(14)7-17-18(13)2)8-4-5-11(19-3)10(15)6-8/h4-7,12,16H,1-3H3. The number of halogens is 2. The molecule has 0 amide bonds. The van der Waals surface area contributed by atoms with Gasteiger partial charge in [-0.3, -0.25) is 4.68 Å². The second-order valence-corrected chi connectivity index (χ2v) is 4.52. The van der Waals surface area contributed by atoms with Crippen LogP contribution < -0.4 is 10.1 Å². The first-order chi connectivity index (χ1) is 9.08. The van der Waals surface area contributed by atoms with Crippen molar-refractivity contribution in [3.63, 3.8) is 0 Å². The summed E-state index contributed by atoms with van der Waals surface area (Å²) in [5.41, 5.74) is 1.54. The van der Waals surface area contributed by atoms with Gasteiger partial charge in [0.15, 0.2) is 11.6 Å². The van der Waals surface area contributed by atoms with Gasteiger partial charge in [0.05, 0.1) is 30.1 Å². The summed E-state index contributed by atoms with van der Waals surface area (Å²) in [5, 5.41) is 7.75. The number of methoxy groups -OCH3 is 1. The summed E-state index contributed by atoms with van der Waals surface area (Å²) in [6.45, 7) is 0. The second kappa shape index (κ2) is 5.59. The van der Waals surface area contributed by atoms with E-state index in [-0.39, 0.29) is 11.8 Å². The third-order valence-corrected chi connectivity index (χ3v) is 3.30. The SMILES string of the molecule is CNC(c1ccc(OC)c(F)c1)c1c(Cl)cnn1C. The van der Waals surface area contributed by atoms with Crippen molar-refractivity contribution in [1.29, 1.82) is 0 Å². The number of nitrogens with one attached hydrogen (secondary N) is 1. The van der Waals surface area contributed by atoms with E-state index in [1.165, 1.54) is 13.2 Å². The molecule has 4 nitrogen and oxygen atoms in total. The zero-order valence-electron chi connectivity index (χ0n) is 10.9. The highest BCUT2D eigenvalue weighted by Crippen LogP contribution is 2.29. The molecule has 0 aliphatic carbocycles.